The average molecular weight is 195 g/mol. The molecule has 0 bridgehead atoms. The van der Waals surface area contributed by atoms with Gasteiger partial charge in [-0.2, -0.15) is 0 Å². The second-order valence-corrected chi connectivity index (χ2v) is 3.27. The minimum atomic E-state index is -0.957. The van der Waals surface area contributed by atoms with E-state index in [4.69, 9.17) is 5.11 Å². The number of rotatable bonds is 4. The summed E-state index contributed by atoms with van der Waals surface area (Å²) in [6.07, 6.45) is 0.371. The van der Waals surface area contributed by atoms with Gasteiger partial charge >= 0.3 is 5.97 Å². The van der Waals surface area contributed by atoms with Crippen molar-refractivity contribution in [3.63, 3.8) is 0 Å². The highest BCUT2D eigenvalue weighted by Gasteiger charge is 2.11. The predicted molar refractivity (Wildman–Crippen MR) is 51.4 cm³/mol. The van der Waals surface area contributed by atoms with Crippen molar-refractivity contribution in [2.75, 3.05) is 0 Å². The minimum Gasteiger partial charge on any atom is -0.477 e. The highest BCUT2D eigenvalue weighted by Crippen LogP contribution is 2.09. The van der Waals surface area contributed by atoms with E-state index in [1.165, 1.54) is 6.92 Å². The number of carboxylic acids is 1. The molecule has 1 N–H and O–H groups in total. The van der Waals surface area contributed by atoms with E-state index in [1.807, 2.05) is 6.92 Å². The molecular weight excluding hydrogens is 182 g/mol. The fraction of sp³-hybridized carbons (Fsp3) is 0.400. The summed E-state index contributed by atoms with van der Waals surface area (Å²) in [7, 11) is 0. The molecule has 0 saturated carbocycles. The van der Waals surface area contributed by atoms with Gasteiger partial charge in [0.2, 0.25) is 0 Å². The van der Waals surface area contributed by atoms with Gasteiger partial charge in [0, 0.05) is 18.7 Å². The van der Waals surface area contributed by atoms with E-state index < -0.39 is 5.97 Å². The summed E-state index contributed by atoms with van der Waals surface area (Å²) in [4.78, 5) is 21.5. The monoisotopic (exact) mass is 195 g/mol. The quantitative estimate of drug-likeness (QED) is 0.791. The van der Waals surface area contributed by atoms with Gasteiger partial charge in [0.15, 0.2) is 0 Å². The molecule has 4 nitrogen and oxygen atoms in total. The van der Waals surface area contributed by atoms with Crippen molar-refractivity contribution in [3.05, 3.63) is 23.5 Å². The summed E-state index contributed by atoms with van der Waals surface area (Å²) in [6.45, 7) is 3.77. The van der Waals surface area contributed by atoms with Crippen LogP contribution in [0.15, 0.2) is 12.1 Å². The number of carbonyl (C=O) groups is 2. The summed E-state index contributed by atoms with van der Waals surface area (Å²) >= 11 is 0. The van der Waals surface area contributed by atoms with E-state index >= 15 is 0 Å². The number of aromatic nitrogens is 1. The first-order valence-corrected chi connectivity index (χ1v) is 4.41. The first kappa shape index (κ1) is 10.5. The van der Waals surface area contributed by atoms with E-state index in [1.54, 1.807) is 16.7 Å². The average Bonchev–Trinajstić information content (AvgIpc) is 2.43. The number of Topliss-reactive ketones (excluding diaryl/α,β-unsaturated/α-hetero) is 1. The number of hydrogen-bond donors (Lipinski definition) is 1. The molecule has 1 rings (SSSR count). The molecule has 0 spiro atoms. The molecule has 0 atom stereocenters. The van der Waals surface area contributed by atoms with Crippen LogP contribution >= 0.6 is 0 Å². The molecule has 76 valence electrons. The van der Waals surface area contributed by atoms with Crippen LogP contribution in [0.1, 0.15) is 29.5 Å². The molecule has 0 aliphatic rings. The topological polar surface area (TPSA) is 59.3 Å². The Morgan fingerprint density at radius 3 is 2.57 bits per heavy atom. The summed E-state index contributed by atoms with van der Waals surface area (Å²) in [5.74, 6) is -0.893. The molecule has 14 heavy (non-hydrogen) atoms. The Balaban J connectivity index is 2.88. The second-order valence-electron chi connectivity index (χ2n) is 3.27. The lowest BCUT2D eigenvalue weighted by molar-refractivity contribution is -0.117. The van der Waals surface area contributed by atoms with Gasteiger partial charge in [0.25, 0.3) is 0 Å². The lowest BCUT2D eigenvalue weighted by Gasteiger charge is -2.07. The van der Waals surface area contributed by atoms with E-state index in [0.717, 1.165) is 5.69 Å². The van der Waals surface area contributed by atoms with Crippen molar-refractivity contribution in [2.45, 2.75) is 26.8 Å². The van der Waals surface area contributed by atoms with Gasteiger partial charge in [0.05, 0.1) is 0 Å². The van der Waals surface area contributed by atoms with Crippen LogP contribution in [0.5, 0.6) is 0 Å². The Kier molecular flexibility index (Phi) is 3.06. The number of hydrogen-bond acceptors (Lipinski definition) is 2. The second kappa shape index (κ2) is 4.09. The number of carbonyl (C=O) groups excluding carboxylic acids is 1. The van der Waals surface area contributed by atoms with Crippen LogP contribution in [0.25, 0.3) is 0 Å². The maximum atomic E-state index is 10.8. The zero-order chi connectivity index (χ0) is 10.7. The Labute approximate surface area is 82.2 Å². The van der Waals surface area contributed by atoms with Gasteiger partial charge in [-0.3, -0.25) is 4.79 Å². The standard InChI is InChI=1S/C10H13NO3/c1-7-3-4-9(10(13)14)11(7)6-5-8(2)12/h3-4H,5-6H2,1-2H3,(H,13,14). The molecule has 4 heteroatoms. The van der Waals surface area contributed by atoms with E-state index in [0.29, 0.717) is 13.0 Å². The van der Waals surface area contributed by atoms with E-state index in [9.17, 15) is 9.59 Å². The largest absolute Gasteiger partial charge is 0.477 e. The van der Waals surface area contributed by atoms with Gasteiger partial charge in [0.1, 0.15) is 11.5 Å². The smallest absolute Gasteiger partial charge is 0.352 e. The van der Waals surface area contributed by atoms with Gasteiger partial charge in [-0.25, -0.2) is 4.79 Å². The summed E-state index contributed by atoms with van der Waals surface area (Å²) < 4.78 is 1.64. The molecule has 1 heterocycles. The molecule has 1 aromatic rings. The third-order valence-electron chi connectivity index (χ3n) is 2.11. The number of carboxylic acid groups (broad SMARTS) is 1. The Bertz CT molecular complexity index is 365. The summed E-state index contributed by atoms with van der Waals surface area (Å²) in [5, 5.41) is 8.84. The van der Waals surface area contributed by atoms with Crippen LogP contribution in [0, 0.1) is 6.92 Å². The Morgan fingerprint density at radius 1 is 1.43 bits per heavy atom. The Morgan fingerprint density at radius 2 is 2.07 bits per heavy atom. The SMILES string of the molecule is CC(=O)CCn1c(C)ccc1C(=O)O. The van der Waals surface area contributed by atoms with Gasteiger partial charge in [-0.05, 0) is 26.0 Å². The van der Waals surface area contributed by atoms with Crippen LogP contribution in [-0.4, -0.2) is 21.4 Å². The summed E-state index contributed by atoms with van der Waals surface area (Å²) in [6, 6.07) is 3.29. The molecule has 0 unspecified atom stereocenters. The molecule has 0 aliphatic carbocycles. The zero-order valence-electron chi connectivity index (χ0n) is 8.28. The van der Waals surface area contributed by atoms with Crippen molar-refractivity contribution in [2.24, 2.45) is 0 Å². The molecule has 0 fully saturated rings. The van der Waals surface area contributed by atoms with Crippen LogP contribution in [0.4, 0.5) is 0 Å². The molecule has 0 aromatic carbocycles. The van der Waals surface area contributed by atoms with Crippen LogP contribution in [0.2, 0.25) is 0 Å². The Hall–Kier alpha value is -1.58. The maximum absolute atomic E-state index is 10.8. The van der Waals surface area contributed by atoms with Crippen molar-refractivity contribution in [1.82, 2.24) is 4.57 Å². The van der Waals surface area contributed by atoms with Crippen LogP contribution < -0.4 is 0 Å². The number of ketones is 1. The van der Waals surface area contributed by atoms with Crippen LogP contribution in [0.3, 0.4) is 0 Å². The minimum absolute atomic E-state index is 0.0643. The third kappa shape index (κ3) is 2.22. The normalized spacial score (nSPS) is 10.1. The van der Waals surface area contributed by atoms with Gasteiger partial charge in [-0.1, -0.05) is 0 Å². The number of nitrogens with zero attached hydrogens (tertiary/aromatic N) is 1. The predicted octanol–water partition coefficient (Wildman–Crippen LogP) is 1.47. The lowest BCUT2D eigenvalue weighted by Crippen LogP contribution is -2.11. The van der Waals surface area contributed by atoms with E-state index in [-0.39, 0.29) is 11.5 Å². The number of aryl methyl sites for hydroxylation is 1. The lowest BCUT2D eigenvalue weighted by atomic mass is 10.3. The van der Waals surface area contributed by atoms with Crippen LogP contribution in [-0.2, 0) is 11.3 Å². The van der Waals surface area contributed by atoms with Crippen molar-refractivity contribution < 1.29 is 14.7 Å². The highest BCUT2D eigenvalue weighted by atomic mass is 16.4. The zero-order valence-corrected chi connectivity index (χ0v) is 8.28. The third-order valence-corrected chi connectivity index (χ3v) is 2.11. The fourth-order valence-corrected chi connectivity index (χ4v) is 1.32. The van der Waals surface area contributed by atoms with Gasteiger partial charge < -0.3 is 9.67 Å². The van der Waals surface area contributed by atoms with Crippen molar-refractivity contribution in [1.29, 1.82) is 0 Å². The number of aromatic carboxylic acids is 1. The van der Waals surface area contributed by atoms with Gasteiger partial charge in [-0.15, -0.1) is 0 Å². The molecular formula is C10H13NO3. The highest BCUT2D eigenvalue weighted by molar-refractivity contribution is 5.86. The molecule has 0 radical (unpaired) electrons. The molecule has 0 amide bonds. The van der Waals surface area contributed by atoms with Crippen molar-refractivity contribution >= 4 is 11.8 Å². The summed E-state index contributed by atoms with van der Waals surface area (Å²) in [5.41, 5.74) is 1.10. The molecule has 1 aromatic heterocycles. The van der Waals surface area contributed by atoms with E-state index in [2.05, 4.69) is 0 Å². The molecule has 0 saturated heterocycles. The van der Waals surface area contributed by atoms with Crippen molar-refractivity contribution in [3.8, 4) is 0 Å². The maximum Gasteiger partial charge on any atom is 0.352 e. The first-order chi connectivity index (χ1) is 6.52. The fourth-order valence-electron chi connectivity index (χ4n) is 1.32. The molecule has 0 aliphatic heterocycles. The first-order valence-electron chi connectivity index (χ1n) is 4.41.